The number of hydrazine groups is 1. The number of para-hydroxylation sites is 2. The third kappa shape index (κ3) is 6.11. The standard InChI is InChI=1S/C39H51N6/c1-27(2)42-24-22-29(5)18-20-35(40(10)26-42)44(37-30(6)14-12-15-31(37)7)45(38-32(8)16-13-17-33(38)9)36-21-19-34-23-25-43(28(3)4)39(34)41(36)11/h12-25,27-28H,26H2,1-11H3/q+1/b24-22-,29-18+,35-20+. The first-order chi connectivity index (χ1) is 21.4. The molecule has 4 aromatic rings. The summed E-state index contributed by atoms with van der Waals surface area (Å²) in [5, 5.41) is 6.14. The van der Waals surface area contributed by atoms with E-state index < -0.39 is 0 Å². The molecular weight excluding hydrogens is 552 g/mol. The Hall–Kier alpha value is -4.45. The second-order valence-corrected chi connectivity index (χ2v) is 13.1. The second-order valence-electron chi connectivity index (χ2n) is 13.1. The third-order valence-corrected chi connectivity index (χ3v) is 8.94. The zero-order valence-corrected chi connectivity index (χ0v) is 29.1. The molecule has 0 N–H and O–H groups in total. The highest BCUT2D eigenvalue weighted by Gasteiger charge is 2.36. The molecule has 45 heavy (non-hydrogen) atoms. The first-order valence-electron chi connectivity index (χ1n) is 16.2. The van der Waals surface area contributed by atoms with Gasteiger partial charge in [-0.3, -0.25) is 4.57 Å². The number of anilines is 3. The van der Waals surface area contributed by atoms with Crippen molar-refractivity contribution in [1.82, 2.24) is 14.4 Å². The maximum absolute atomic E-state index is 2.46. The second kappa shape index (κ2) is 12.9. The molecule has 0 saturated heterocycles. The summed E-state index contributed by atoms with van der Waals surface area (Å²) in [4.78, 5) is 4.77. The van der Waals surface area contributed by atoms with Crippen molar-refractivity contribution in [3.63, 3.8) is 0 Å². The van der Waals surface area contributed by atoms with E-state index in [-0.39, 0.29) is 0 Å². The van der Waals surface area contributed by atoms with Gasteiger partial charge in [-0.1, -0.05) is 42.5 Å². The average Bonchev–Trinajstić information content (AvgIpc) is 3.44. The maximum atomic E-state index is 2.46. The smallest absolute Gasteiger partial charge is 0.251 e. The summed E-state index contributed by atoms with van der Waals surface area (Å²) in [6.45, 7) is 20.8. The lowest BCUT2D eigenvalue weighted by Gasteiger charge is -2.42. The average molecular weight is 604 g/mol. The highest BCUT2D eigenvalue weighted by molar-refractivity contribution is 5.80. The number of allylic oxidation sites excluding steroid dienone is 4. The van der Waals surface area contributed by atoms with E-state index in [9.17, 15) is 0 Å². The van der Waals surface area contributed by atoms with Gasteiger partial charge >= 0.3 is 0 Å². The van der Waals surface area contributed by atoms with E-state index in [1.165, 1.54) is 50.2 Å². The molecule has 1 aliphatic rings. The Bertz CT molecular complexity index is 1750. The van der Waals surface area contributed by atoms with E-state index in [1.807, 2.05) is 0 Å². The molecule has 0 unspecified atom stereocenters. The number of hydrogen-bond donors (Lipinski definition) is 0. The summed E-state index contributed by atoms with van der Waals surface area (Å²) in [6.07, 6.45) is 11.2. The van der Waals surface area contributed by atoms with Crippen LogP contribution in [0.15, 0.2) is 96.6 Å². The summed E-state index contributed by atoms with van der Waals surface area (Å²) in [5.41, 5.74) is 9.61. The van der Waals surface area contributed by atoms with Crippen LogP contribution in [0, 0.1) is 27.7 Å². The van der Waals surface area contributed by atoms with Crippen LogP contribution >= 0.6 is 0 Å². The number of benzene rings is 2. The van der Waals surface area contributed by atoms with Crippen molar-refractivity contribution in [2.45, 2.75) is 74.4 Å². The first-order valence-corrected chi connectivity index (χ1v) is 16.2. The zero-order chi connectivity index (χ0) is 32.6. The van der Waals surface area contributed by atoms with E-state index in [0.29, 0.717) is 12.1 Å². The van der Waals surface area contributed by atoms with Gasteiger partial charge in [-0.05, 0) is 114 Å². The van der Waals surface area contributed by atoms with E-state index in [1.54, 1.807) is 0 Å². The van der Waals surface area contributed by atoms with Gasteiger partial charge in [0.05, 0.1) is 37.0 Å². The topological polar surface area (TPSA) is 21.8 Å². The molecule has 0 saturated carbocycles. The van der Waals surface area contributed by atoms with Crippen LogP contribution < -0.4 is 14.6 Å². The van der Waals surface area contributed by atoms with Crippen molar-refractivity contribution >= 4 is 28.2 Å². The minimum Gasteiger partial charge on any atom is -0.358 e. The van der Waals surface area contributed by atoms with Crippen LogP contribution in [-0.2, 0) is 7.05 Å². The summed E-state index contributed by atoms with van der Waals surface area (Å²) < 4.78 is 4.73. The van der Waals surface area contributed by atoms with E-state index >= 15 is 0 Å². The number of rotatable bonds is 7. The predicted octanol–water partition coefficient (Wildman–Crippen LogP) is 8.75. The number of aromatic nitrogens is 2. The van der Waals surface area contributed by atoms with Crippen LogP contribution in [0.3, 0.4) is 0 Å². The van der Waals surface area contributed by atoms with E-state index in [0.717, 1.165) is 18.3 Å². The molecular formula is C39H51N6+. The summed E-state index contributed by atoms with van der Waals surface area (Å²) in [7, 11) is 4.41. The van der Waals surface area contributed by atoms with E-state index in [2.05, 4.69) is 191 Å². The lowest BCUT2D eigenvalue weighted by Crippen LogP contribution is -2.51. The third-order valence-electron chi connectivity index (χ3n) is 8.94. The molecule has 2 aromatic heterocycles. The molecule has 0 amide bonds. The van der Waals surface area contributed by atoms with Crippen molar-refractivity contribution in [3.05, 3.63) is 119 Å². The molecule has 2 aromatic carbocycles. The highest BCUT2D eigenvalue weighted by atomic mass is 15.7. The van der Waals surface area contributed by atoms with Crippen LogP contribution in [-0.4, -0.2) is 34.1 Å². The Morgan fingerprint density at radius 2 is 1.29 bits per heavy atom. The minimum absolute atomic E-state index is 0.332. The maximum Gasteiger partial charge on any atom is 0.251 e. The van der Waals surface area contributed by atoms with Crippen LogP contribution in [0.25, 0.3) is 11.0 Å². The van der Waals surface area contributed by atoms with Gasteiger partial charge < -0.3 is 9.80 Å². The lowest BCUT2D eigenvalue weighted by molar-refractivity contribution is -0.634. The van der Waals surface area contributed by atoms with Crippen molar-refractivity contribution < 1.29 is 4.57 Å². The van der Waals surface area contributed by atoms with Gasteiger partial charge in [0.2, 0.25) is 5.65 Å². The number of fused-ring (bicyclic) bond motifs is 1. The minimum atomic E-state index is 0.332. The molecule has 6 nitrogen and oxygen atoms in total. The first kappa shape index (κ1) is 32.0. The Balaban J connectivity index is 1.91. The predicted molar refractivity (Wildman–Crippen MR) is 191 cm³/mol. The molecule has 1 aliphatic heterocycles. The largest absolute Gasteiger partial charge is 0.358 e. The van der Waals surface area contributed by atoms with Gasteiger partial charge in [-0.15, -0.1) is 0 Å². The van der Waals surface area contributed by atoms with Gasteiger partial charge in [0.1, 0.15) is 11.5 Å². The van der Waals surface area contributed by atoms with Gasteiger partial charge in [0, 0.05) is 25.4 Å². The van der Waals surface area contributed by atoms with Crippen molar-refractivity contribution in [2.75, 3.05) is 23.7 Å². The summed E-state index contributed by atoms with van der Waals surface area (Å²) in [5.74, 6) is 2.17. The fourth-order valence-electron chi connectivity index (χ4n) is 6.41. The quantitative estimate of drug-likeness (QED) is 0.156. The van der Waals surface area contributed by atoms with Gasteiger partial charge in [-0.2, -0.15) is 10.0 Å². The fraction of sp³-hybridized carbons (Fsp3) is 0.359. The normalized spacial score (nSPS) is 17.1. The lowest BCUT2D eigenvalue weighted by atomic mass is 10.1. The monoisotopic (exact) mass is 603 g/mol. The molecule has 0 bridgehead atoms. The van der Waals surface area contributed by atoms with Crippen molar-refractivity contribution in [2.24, 2.45) is 7.05 Å². The number of hydrogen-bond acceptors (Lipinski definition) is 4. The molecule has 5 rings (SSSR count). The number of aryl methyl sites for hydroxylation is 5. The zero-order valence-electron chi connectivity index (χ0n) is 29.1. The van der Waals surface area contributed by atoms with Crippen LogP contribution in [0.5, 0.6) is 0 Å². The van der Waals surface area contributed by atoms with Gasteiger partial charge in [-0.25, -0.2) is 4.57 Å². The molecule has 0 atom stereocenters. The fourth-order valence-corrected chi connectivity index (χ4v) is 6.41. The van der Waals surface area contributed by atoms with Crippen LogP contribution in [0.2, 0.25) is 0 Å². The summed E-state index contributed by atoms with van der Waals surface area (Å²) >= 11 is 0. The molecule has 0 spiro atoms. The number of nitrogens with zero attached hydrogens (tertiary/aromatic N) is 6. The molecule has 236 valence electrons. The Morgan fingerprint density at radius 1 is 0.711 bits per heavy atom. The van der Waals surface area contributed by atoms with Gasteiger partial charge in [0.25, 0.3) is 5.82 Å². The molecule has 3 heterocycles. The SMILES string of the molecule is CC1=C\C=C(\N(c2c(C)cccc2C)N(c2c(C)cccc2C)c2ccc3ccn(C(C)C)c3[n+]2C)N(C)CN(C(C)C)/C=C\1. The van der Waals surface area contributed by atoms with Crippen molar-refractivity contribution in [3.8, 4) is 0 Å². The van der Waals surface area contributed by atoms with E-state index in [4.69, 9.17) is 0 Å². The van der Waals surface area contributed by atoms with Crippen LogP contribution in [0.4, 0.5) is 17.2 Å². The molecule has 6 heteroatoms. The molecule has 0 aliphatic carbocycles. The molecule has 0 radical (unpaired) electrons. The molecule has 0 fully saturated rings. The Morgan fingerprint density at radius 3 is 1.84 bits per heavy atom. The Kier molecular flexibility index (Phi) is 9.15. The van der Waals surface area contributed by atoms with Crippen molar-refractivity contribution in [1.29, 1.82) is 0 Å². The Labute approximate surface area is 270 Å². The summed E-state index contributed by atoms with van der Waals surface area (Å²) in [6, 6.07) is 20.7. The van der Waals surface area contributed by atoms with Crippen LogP contribution in [0.1, 0.15) is 62.9 Å². The highest BCUT2D eigenvalue weighted by Crippen LogP contribution is 2.40. The van der Waals surface area contributed by atoms with Gasteiger partial charge in [0.15, 0.2) is 0 Å². The number of pyridine rings is 1.